The second-order valence-electron chi connectivity index (χ2n) is 8.67. The molecule has 1 aliphatic rings. The highest BCUT2D eigenvalue weighted by molar-refractivity contribution is 5.96. The first-order valence-electron chi connectivity index (χ1n) is 11.5. The van der Waals surface area contributed by atoms with Gasteiger partial charge in [0.25, 0.3) is 5.91 Å². The Morgan fingerprint density at radius 1 is 0.971 bits per heavy atom. The lowest BCUT2D eigenvalue weighted by atomic mass is 9.87. The summed E-state index contributed by atoms with van der Waals surface area (Å²) in [5.41, 5.74) is 3.11. The number of halogens is 1. The van der Waals surface area contributed by atoms with Crippen molar-refractivity contribution in [2.45, 2.75) is 19.4 Å². The number of carbonyl (C=O) groups excluding carboxylic acids is 2. The van der Waals surface area contributed by atoms with Crippen molar-refractivity contribution in [3.05, 3.63) is 94.8 Å². The number of benzene rings is 3. The zero-order chi connectivity index (χ0) is 24.9. The molecule has 2 atom stereocenters. The Bertz CT molecular complexity index is 1210. The summed E-state index contributed by atoms with van der Waals surface area (Å²) in [6.07, 6.45) is 0. The molecule has 1 saturated heterocycles. The molecular formula is C28H29FN2O4. The molecule has 0 spiro atoms. The third kappa shape index (κ3) is 5.14. The minimum Gasteiger partial charge on any atom is -0.493 e. The van der Waals surface area contributed by atoms with Crippen LogP contribution < -0.4 is 14.8 Å². The predicted octanol–water partition coefficient (Wildman–Crippen LogP) is 4.32. The Morgan fingerprint density at radius 3 is 2.40 bits per heavy atom. The highest BCUT2D eigenvalue weighted by Crippen LogP contribution is 2.42. The van der Waals surface area contributed by atoms with Gasteiger partial charge < -0.3 is 19.7 Å². The van der Waals surface area contributed by atoms with Crippen LogP contribution in [0.2, 0.25) is 0 Å². The molecule has 1 heterocycles. The van der Waals surface area contributed by atoms with E-state index < -0.39 is 5.92 Å². The summed E-state index contributed by atoms with van der Waals surface area (Å²) >= 11 is 0. The highest BCUT2D eigenvalue weighted by atomic mass is 19.1. The normalized spacial score (nSPS) is 17.2. The zero-order valence-electron chi connectivity index (χ0n) is 20.1. The quantitative estimate of drug-likeness (QED) is 0.552. The summed E-state index contributed by atoms with van der Waals surface area (Å²) in [5.74, 6) is -0.272. The molecule has 0 bridgehead atoms. The molecule has 2 unspecified atom stereocenters. The molecule has 3 aromatic rings. The van der Waals surface area contributed by atoms with Crippen molar-refractivity contribution in [1.82, 2.24) is 10.2 Å². The fourth-order valence-electron chi connectivity index (χ4n) is 4.66. The van der Waals surface area contributed by atoms with E-state index in [1.807, 2.05) is 37.3 Å². The topological polar surface area (TPSA) is 67.9 Å². The van der Waals surface area contributed by atoms with Crippen molar-refractivity contribution in [2.75, 3.05) is 27.3 Å². The van der Waals surface area contributed by atoms with E-state index in [4.69, 9.17) is 9.47 Å². The van der Waals surface area contributed by atoms with Crippen LogP contribution in [0.4, 0.5) is 4.39 Å². The van der Waals surface area contributed by atoms with Crippen LogP contribution in [0.25, 0.3) is 0 Å². The van der Waals surface area contributed by atoms with E-state index in [0.29, 0.717) is 23.6 Å². The lowest BCUT2D eigenvalue weighted by Crippen LogP contribution is -2.35. The monoisotopic (exact) mass is 476 g/mol. The van der Waals surface area contributed by atoms with Crippen LogP contribution in [0.5, 0.6) is 11.5 Å². The van der Waals surface area contributed by atoms with E-state index in [2.05, 4.69) is 5.32 Å². The van der Waals surface area contributed by atoms with Gasteiger partial charge in [-0.05, 0) is 42.3 Å². The smallest absolute Gasteiger partial charge is 0.254 e. The maximum absolute atomic E-state index is 13.4. The van der Waals surface area contributed by atoms with Crippen LogP contribution >= 0.6 is 0 Å². The molecular weight excluding hydrogens is 447 g/mol. The van der Waals surface area contributed by atoms with Crippen molar-refractivity contribution in [3.63, 3.8) is 0 Å². The molecule has 4 rings (SSSR count). The Balaban J connectivity index is 1.63. The predicted molar refractivity (Wildman–Crippen MR) is 131 cm³/mol. The van der Waals surface area contributed by atoms with Crippen molar-refractivity contribution in [1.29, 1.82) is 0 Å². The van der Waals surface area contributed by atoms with Crippen molar-refractivity contribution in [3.8, 4) is 11.5 Å². The minimum atomic E-state index is -0.496. The number of para-hydroxylation sites is 1. The molecule has 0 aromatic heterocycles. The molecule has 7 heteroatoms. The molecule has 3 aromatic carbocycles. The second kappa shape index (κ2) is 10.6. The maximum Gasteiger partial charge on any atom is 0.254 e. The zero-order valence-corrected chi connectivity index (χ0v) is 20.1. The molecule has 0 aliphatic carbocycles. The van der Waals surface area contributed by atoms with Gasteiger partial charge in [-0.15, -0.1) is 0 Å². The lowest BCUT2D eigenvalue weighted by Gasteiger charge is -2.21. The van der Waals surface area contributed by atoms with Crippen LogP contribution in [0.1, 0.15) is 33.0 Å². The summed E-state index contributed by atoms with van der Waals surface area (Å²) in [5, 5.41) is 2.97. The molecule has 182 valence electrons. The molecule has 0 radical (unpaired) electrons. The van der Waals surface area contributed by atoms with Crippen LogP contribution in [-0.4, -0.2) is 44.0 Å². The van der Waals surface area contributed by atoms with E-state index in [0.717, 1.165) is 16.7 Å². The molecule has 2 amide bonds. The maximum atomic E-state index is 13.4. The fourth-order valence-corrected chi connectivity index (χ4v) is 4.66. The van der Waals surface area contributed by atoms with E-state index in [-0.39, 0.29) is 36.6 Å². The van der Waals surface area contributed by atoms with E-state index >= 15 is 0 Å². The van der Waals surface area contributed by atoms with Crippen LogP contribution in [0.15, 0.2) is 66.7 Å². The van der Waals surface area contributed by atoms with Gasteiger partial charge in [-0.3, -0.25) is 9.59 Å². The van der Waals surface area contributed by atoms with E-state index in [1.54, 1.807) is 43.4 Å². The van der Waals surface area contributed by atoms with Gasteiger partial charge in [-0.25, -0.2) is 4.39 Å². The average molecular weight is 477 g/mol. The number of ether oxygens (including phenoxy) is 2. The summed E-state index contributed by atoms with van der Waals surface area (Å²) in [6.45, 7) is 2.81. The van der Waals surface area contributed by atoms with Crippen LogP contribution in [0.3, 0.4) is 0 Å². The van der Waals surface area contributed by atoms with Crippen molar-refractivity contribution < 1.29 is 23.5 Å². The number of hydrogen-bond donors (Lipinski definition) is 1. The first-order chi connectivity index (χ1) is 16.9. The van der Waals surface area contributed by atoms with E-state index in [9.17, 15) is 14.0 Å². The number of carbonyl (C=O) groups is 2. The van der Waals surface area contributed by atoms with Crippen LogP contribution in [0, 0.1) is 18.7 Å². The highest BCUT2D eigenvalue weighted by Gasteiger charge is 2.42. The Labute approximate surface area is 204 Å². The summed E-state index contributed by atoms with van der Waals surface area (Å²) in [4.78, 5) is 28.5. The number of amides is 2. The molecule has 0 saturated carbocycles. The molecule has 1 fully saturated rings. The van der Waals surface area contributed by atoms with Gasteiger partial charge in [0.15, 0.2) is 11.5 Å². The Morgan fingerprint density at radius 2 is 1.71 bits per heavy atom. The van der Waals surface area contributed by atoms with Crippen molar-refractivity contribution in [2.24, 2.45) is 5.92 Å². The number of nitrogens with zero attached hydrogens (tertiary/aromatic N) is 1. The number of aryl methyl sites for hydroxylation is 1. The standard InChI is InChI=1S/C28H29FN2O4/c1-18-7-4-5-8-21(18)28(33)31-16-23(22-9-6-10-25(34-2)26(22)35-3)24(17-31)27(32)30-15-19-11-13-20(29)14-12-19/h4-14,23-24H,15-17H2,1-3H3,(H,30,32). The molecule has 6 nitrogen and oxygen atoms in total. The molecule has 1 aliphatic heterocycles. The summed E-state index contributed by atoms with van der Waals surface area (Å²) in [7, 11) is 3.13. The Hall–Kier alpha value is -3.87. The molecule has 1 N–H and O–H groups in total. The Kier molecular flexibility index (Phi) is 7.34. The summed E-state index contributed by atoms with van der Waals surface area (Å²) < 4.78 is 24.4. The van der Waals surface area contributed by atoms with Crippen molar-refractivity contribution >= 4 is 11.8 Å². The van der Waals surface area contributed by atoms with Gasteiger partial charge in [0.1, 0.15) is 5.82 Å². The number of nitrogens with one attached hydrogen (secondary N) is 1. The van der Waals surface area contributed by atoms with Gasteiger partial charge in [-0.1, -0.05) is 42.5 Å². The summed E-state index contributed by atoms with van der Waals surface area (Å²) in [6, 6.07) is 19.0. The van der Waals surface area contributed by atoms with Gasteiger partial charge in [0.05, 0.1) is 20.1 Å². The molecule has 35 heavy (non-hydrogen) atoms. The largest absolute Gasteiger partial charge is 0.493 e. The average Bonchev–Trinajstić information content (AvgIpc) is 3.33. The first-order valence-corrected chi connectivity index (χ1v) is 11.5. The minimum absolute atomic E-state index is 0.108. The SMILES string of the molecule is COc1cccc(C2CN(C(=O)c3ccccc3C)CC2C(=O)NCc2ccc(F)cc2)c1OC. The number of hydrogen-bond acceptors (Lipinski definition) is 4. The third-order valence-electron chi connectivity index (χ3n) is 6.53. The lowest BCUT2D eigenvalue weighted by molar-refractivity contribution is -0.125. The number of rotatable bonds is 7. The van der Waals surface area contributed by atoms with E-state index in [1.165, 1.54) is 12.1 Å². The van der Waals surface area contributed by atoms with Gasteiger partial charge in [0, 0.05) is 36.7 Å². The number of likely N-dealkylation sites (tertiary alicyclic amines) is 1. The second-order valence-corrected chi connectivity index (χ2v) is 8.67. The van der Waals surface area contributed by atoms with Gasteiger partial charge >= 0.3 is 0 Å². The van der Waals surface area contributed by atoms with Crippen LogP contribution in [-0.2, 0) is 11.3 Å². The van der Waals surface area contributed by atoms with Gasteiger partial charge in [-0.2, -0.15) is 0 Å². The van der Waals surface area contributed by atoms with Gasteiger partial charge in [0.2, 0.25) is 5.91 Å². The third-order valence-corrected chi connectivity index (χ3v) is 6.53. The first kappa shape index (κ1) is 24.3. The number of methoxy groups -OCH3 is 2. The fraction of sp³-hybridized carbons (Fsp3) is 0.286.